The number of fused-ring (bicyclic) bond motifs is 5. The van der Waals surface area contributed by atoms with Gasteiger partial charge in [0.2, 0.25) is 0 Å². The van der Waals surface area contributed by atoms with Crippen molar-refractivity contribution in [1.29, 1.82) is 0 Å². The van der Waals surface area contributed by atoms with Gasteiger partial charge in [0.1, 0.15) is 10.2 Å². The van der Waals surface area contributed by atoms with Crippen molar-refractivity contribution < 1.29 is 9.53 Å². The third-order valence-corrected chi connectivity index (χ3v) is 5.20. The van der Waals surface area contributed by atoms with Crippen molar-refractivity contribution in [3.63, 3.8) is 0 Å². The zero-order chi connectivity index (χ0) is 16.7. The van der Waals surface area contributed by atoms with Gasteiger partial charge in [-0.3, -0.25) is 5.32 Å². The molecule has 4 rings (SSSR count). The lowest BCUT2D eigenvalue weighted by Gasteiger charge is -2.18. The van der Waals surface area contributed by atoms with Crippen molar-refractivity contribution in [3.05, 3.63) is 69.7 Å². The predicted molar refractivity (Wildman–Crippen MR) is 96.0 cm³/mol. The van der Waals surface area contributed by atoms with Crippen LogP contribution in [-0.4, -0.2) is 6.09 Å². The van der Waals surface area contributed by atoms with Gasteiger partial charge in [-0.15, -0.1) is 0 Å². The first-order valence-electron chi connectivity index (χ1n) is 7.87. The number of para-hydroxylation sites is 1. The molecule has 0 saturated heterocycles. The molecular weight excluding hydrogens is 345 g/mol. The normalized spacial score (nSPS) is 20.7. The Morgan fingerprint density at radius 1 is 1.00 bits per heavy atom. The molecule has 5 heteroatoms. The molecule has 1 N–H and O–H groups in total. The van der Waals surface area contributed by atoms with Crippen molar-refractivity contribution in [2.45, 2.75) is 24.7 Å². The van der Waals surface area contributed by atoms with E-state index in [9.17, 15) is 4.79 Å². The number of carbonyl (C=O) groups is 1. The zero-order valence-corrected chi connectivity index (χ0v) is 14.3. The molecule has 0 heterocycles. The third kappa shape index (κ3) is 2.58. The molecule has 24 heavy (non-hydrogen) atoms. The molecule has 122 valence electrons. The number of benzene rings is 2. The van der Waals surface area contributed by atoms with Gasteiger partial charge in [0.15, 0.2) is 0 Å². The minimum atomic E-state index is -0.500. The fourth-order valence-electron chi connectivity index (χ4n) is 3.89. The summed E-state index contributed by atoms with van der Waals surface area (Å²) in [6, 6.07) is 14.9. The van der Waals surface area contributed by atoms with Crippen LogP contribution in [-0.2, 0) is 0 Å². The highest BCUT2D eigenvalue weighted by molar-refractivity contribution is 6.56. The molecule has 0 radical (unpaired) electrons. The molecule has 2 bridgehead atoms. The van der Waals surface area contributed by atoms with Crippen molar-refractivity contribution >= 4 is 35.0 Å². The van der Waals surface area contributed by atoms with E-state index in [4.69, 9.17) is 27.9 Å². The average molecular weight is 360 g/mol. The Balaban J connectivity index is 1.61. The molecule has 3 nitrogen and oxygen atoms in total. The Morgan fingerprint density at radius 3 is 2.50 bits per heavy atom. The Kier molecular flexibility index (Phi) is 3.99. The minimum Gasteiger partial charge on any atom is -0.410 e. The second kappa shape index (κ2) is 6.15. The van der Waals surface area contributed by atoms with Gasteiger partial charge >= 0.3 is 6.09 Å². The van der Waals surface area contributed by atoms with Gasteiger partial charge in [-0.25, -0.2) is 4.79 Å². The molecule has 1 fully saturated rings. The van der Waals surface area contributed by atoms with E-state index in [2.05, 4.69) is 11.4 Å². The quantitative estimate of drug-likeness (QED) is 0.717. The van der Waals surface area contributed by atoms with E-state index < -0.39 is 6.09 Å². The molecule has 2 unspecified atom stereocenters. The topological polar surface area (TPSA) is 38.3 Å². The highest BCUT2D eigenvalue weighted by Gasteiger charge is 2.44. The standard InChI is InChI=1S/C19H15Cl2NO2/c20-18(21)17-13-9-10-14(17)16-12(13)7-4-8-15(16)22-19(23)24-11-5-2-1-3-6-11/h1-8,13-14H,9-10H2,(H,22,23). The van der Waals surface area contributed by atoms with E-state index in [1.807, 2.05) is 30.3 Å². The maximum absolute atomic E-state index is 12.2. The molecule has 2 aromatic carbocycles. The van der Waals surface area contributed by atoms with Crippen LogP contribution in [0.5, 0.6) is 5.75 Å². The van der Waals surface area contributed by atoms with E-state index in [0.717, 1.165) is 29.7 Å². The SMILES string of the molecule is O=C(Nc1cccc2c1C1CCC2C1=C(Cl)Cl)Oc1ccccc1. The van der Waals surface area contributed by atoms with Gasteiger partial charge in [-0.1, -0.05) is 53.5 Å². The second-order valence-electron chi connectivity index (χ2n) is 6.03. The molecule has 1 amide bonds. The smallest absolute Gasteiger partial charge is 0.410 e. The Hall–Kier alpha value is -1.97. The summed E-state index contributed by atoms with van der Waals surface area (Å²) in [5.41, 5.74) is 4.18. The van der Waals surface area contributed by atoms with Gasteiger partial charge in [-0.05, 0) is 47.7 Å². The largest absolute Gasteiger partial charge is 0.417 e. The Morgan fingerprint density at radius 2 is 1.75 bits per heavy atom. The molecule has 2 aliphatic rings. The molecular formula is C19H15Cl2NO2. The average Bonchev–Trinajstić information content (AvgIpc) is 3.13. The van der Waals surface area contributed by atoms with Crippen molar-refractivity contribution in [2.75, 3.05) is 5.32 Å². The van der Waals surface area contributed by atoms with Crippen molar-refractivity contribution in [3.8, 4) is 5.75 Å². The first kappa shape index (κ1) is 15.6. The molecule has 0 aliphatic heterocycles. The number of halogens is 2. The van der Waals surface area contributed by atoms with E-state index in [1.54, 1.807) is 12.1 Å². The van der Waals surface area contributed by atoms with Crippen LogP contribution < -0.4 is 10.1 Å². The fraction of sp³-hybridized carbons (Fsp3) is 0.211. The number of nitrogens with one attached hydrogen (secondary N) is 1. The molecule has 0 spiro atoms. The second-order valence-corrected chi connectivity index (χ2v) is 6.98. The summed E-state index contributed by atoms with van der Waals surface area (Å²) in [4.78, 5) is 12.2. The van der Waals surface area contributed by atoms with Gasteiger partial charge in [-0.2, -0.15) is 0 Å². The van der Waals surface area contributed by atoms with Gasteiger partial charge in [0.25, 0.3) is 0 Å². The summed E-state index contributed by atoms with van der Waals surface area (Å²) < 4.78 is 5.68. The van der Waals surface area contributed by atoms with Crippen LogP contribution >= 0.6 is 23.2 Å². The van der Waals surface area contributed by atoms with E-state index >= 15 is 0 Å². The molecule has 2 aromatic rings. The molecule has 0 aromatic heterocycles. The summed E-state index contributed by atoms with van der Waals surface area (Å²) in [7, 11) is 0. The Labute approximate surface area is 150 Å². The molecule has 2 aliphatic carbocycles. The van der Waals surface area contributed by atoms with Gasteiger partial charge in [0, 0.05) is 17.5 Å². The molecule has 1 saturated carbocycles. The lowest BCUT2D eigenvalue weighted by atomic mass is 9.90. The summed E-state index contributed by atoms with van der Waals surface area (Å²) in [5, 5.41) is 2.87. The van der Waals surface area contributed by atoms with Crippen LogP contribution in [0.15, 0.2) is 58.6 Å². The number of anilines is 1. The number of hydrogen-bond acceptors (Lipinski definition) is 2. The number of allylic oxidation sites excluding steroid dienone is 1. The van der Waals surface area contributed by atoms with Crippen molar-refractivity contribution in [2.24, 2.45) is 0 Å². The maximum Gasteiger partial charge on any atom is 0.417 e. The predicted octanol–water partition coefficient (Wildman–Crippen LogP) is 5.96. The lowest BCUT2D eigenvalue weighted by Crippen LogP contribution is -2.18. The third-order valence-electron chi connectivity index (χ3n) is 4.77. The monoisotopic (exact) mass is 359 g/mol. The van der Waals surface area contributed by atoms with Crippen LogP contribution in [0.25, 0.3) is 0 Å². The lowest BCUT2D eigenvalue weighted by molar-refractivity contribution is 0.215. The van der Waals surface area contributed by atoms with Crippen LogP contribution in [0.3, 0.4) is 0 Å². The Bertz CT molecular complexity index is 829. The van der Waals surface area contributed by atoms with E-state index in [1.165, 1.54) is 5.56 Å². The summed E-state index contributed by atoms with van der Waals surface area (Å²) >= 11 is 12.2. The molecule has 2 atom stereocenters. The summed E-state index contributed by atoms with van der Waals surface area (Å²) in [6.07, 6.45) is 1.55. The van der Waals surface area contributed by atoms with Gasteiger partial charge < -0.3 is 4.74 Å². The van der Waals surface area contributed by atoms with Crippen LogP contribution in [0.4, 0.5) is 10.5 Å². The van der Waals surface area contributed by atoms with E-state index in [0.29, 0.717) is 10.2 Å². The van der Waals surface area contributed by atoms with Crippen LogP contribution in [0, 0.1) is 0 Å². The number of rotatable bonds is 2. The first-order chi connectivity index (χ1) is 11.6. The summed E-state index contributed by atoms with van der Waals surface area (Å²) in [5.74, 6) is 0.957. The van der Waals surface area contributed by atoms with E-state index in [-0.39, 0.29) is 11.8 Å². The number of amides is 1. The number of carbonyl (C=O) groups excluding carboxylic acids is 1. The highest BCUT2D eigenvalue weighted by Crippen LogP contribution is 2.60. The highest BCUT2D eigenvalue weighted by atomic mass is 35.5. The van der Waals surface area contributed by atoms with Crippen molar-refractivity contribution in [1.82, 2.24) is 0 Å². The number of hydrogen-bond donors (Lipinski definition) is 1. The first-order valence-corrected chi connectivity index (χ1v) is 8.62. The minimum absolute atomic E-state index is 0.184. The number of ether oxygens (including phenoxy) is 1. The van der Waals surface area contributed by atoms with Crippen LogP contribution in [0.2, 0.25) is 0 Å². The maximum atomic E-state index is 12.2. The zero-order valence-electron chi connectivity index (χ0n) is 12.8. The fourth-order valence-corrected chi connectivity index (χ4v) is 4.42. The summed E-state index contributed by atoms with van der Waals surface area (Å²) in [6.45, 7) is 0. The van der Waals surface area contributed by atoms with Crippen LogP contribution in [0.1, 0.15) is 35.8 Å². The van der Waals surface area contributed by atoms with Gasteiger partial charge in [0.05, 0.1) is 0 Å².